The fourth-order valence-electron chi connectivity index (χ4n) is 4.96. The average Bonchev–Trinajstić information content (AvgIpc) is 2.82. The summed E-state index contributed by atoms with van der Waals surface area (Å²) in [6.07, 6.45) is 0.948. The second kappa shape index (κ2) is 9.26. The second-order valence-electron chi connectivity index (χ2n) is 8.77. The Morgan fingerprint density at radius 3 is 2.24 bits per heavy atom. The molecule has 0 spiro atoms. The Bertz CT molecular complexity index is 1250. The standard InChI is InChI=1S/C27H31NO3S2/c1-5-27(6-2)21-14-10-11-15-23(21)32-24-17-25(18(3)16-22(24)27)33(30,31)28-19(4)26(29)20-12-8-7-9-13-20/h7-17,19,26,28-29H,5-6H2,1-4H3. The van der Waals surface area contributed by atoms with Crippen LogP contribution in [0, 0.1) is 6.92 Å². The smallest absolute Gasteiger partial charge is 0.241 e. The maximum Gasteiger partial charge on any atom is 0.241 e. The molecule has 3 aromatic carbocycles. The van der Waals surface area contributed by atoms with Gasteiger partial charge in [-0.25, -0.2) is 13.1 Å². The predicted octanol–water partition coefficient (Wildman–Crippen LogP) is 5.97. The summed E-state index contributed by atoms with van der Waals surface area (Å²) in [6, 6.07) is 20.7. The van der Waals surface area contributed by atoms with Gasteiger partial charge < -0.3 is 5.11 Å². The fourth-order valence-corrected chi connectivity index (χ4v) is 7.83. The van der Waals surface area contributed by atoms with Crippen molar-refractivity contribution in [2.45, 2.75) is 72.8 Å². The number of aryl methyl sites for hydroxylation is 1. The van der Waals surface area contributed by atoms with Gasteiger partial charge in [0, 0.05) is 21.2 Å². The van der Waals surface area contributed by atoms with E-state index in [0.29, 0.717) is 11.1 Å². The van der Waals surface area contributed by atoms with Crippen LogP contribution in [0.15, 0.2) is 81.4 Å². The molecule has 174 valence electrons. The Morgan fingerprint density at radius 1 is 0.939 bits per heavy atom. The Kier molecular flexibility index (Phi) is 6.74. The fraction of sp³-hybridized carbons (Fsp3) is 0.333. The molecule has 6 heteroatoms. The van der Waals surface area contributed by atoms with Gasteiger partial charge in [0.05, 0.1) is 11.0 Å². The summed E-state index contributed by atoms with van der Waals surface area (Å²) in [7, 11) is -3.83. The van der Waals surface area contributed by atoms with E-state index in [0.717, 1.165) is 17.7 Å². The highest BCUT2D eigenvalue weighted by atomic mass is 32.2. The van der Waals surface area contributed by atoms with E-state index < -0.39 is 22.2 Å². The molecule has 0 bridgehead atoms. The molecule has 0 aromatic heterocycles. The monoisotopic (exact) mass is 481 g/mol. The molecule has 0 saturated carbocycles. The van der Waals surface area contributed by atoms with Gasteiger partial charge in [0.15, 0.2) is 0 Å². The van der Waals surface area contributed by atoms with Crippen molar-refractivity contribution in [3.8, 4) is 0 Å². The van der Waals surface area contributed by atoms with Crippen LogP contribution >= 0.6 is 11.8 Å². The number of benzene rings is 3. The normalized spacial score (nSPS) is 16.5. The predicted molar refractivity (Wildman–Crippen MR) is 134 cm³/mol. The number of hydrogen-bond donors (Lipinski definition) is 2. The van der Waals surface area contributed by atoms with Gasteiger partial charge in [-0.1, -0.05) is 80.2 Å². The van der Waals surface area contributed by atoms with Crippen LogP contribution in [-0.4, -0.2) is 19.6 Å². The van der Waals surface area contributed by atoms with E-state index in [-0.39, 0.29) is 10.3 Å². The van der Waals surface area contributed by atoms with Crippen molar-refractivity contribution in [3.63, 3.8) is 0 Å². The second-order valence-corrected chi connectivity index (χ2v) is 11.5. The lowest BCUT2D eigenvalue weighted by Gasteiger charge is -2.40. The Labute approximate surface area is 201 Å². The van der Waals surface area contributed by atoms with E-state index in [9.17, 15) is 13.5 Å². The number of aliphatic hydroxyl groups excluding tert-OH is 1. The van der Waals surface area contributed by atoms with E-state index >= 15 is 0 Å². The average molecular weight is 482 g/mol. The SMILES string of the molecule is CCC1(CC)c2ccccc2Sc2cc(S(=O)(=O)NC(C)C(O)c3ccccc3)c(C)cc21. The lowest BCUT2D eigenvalue weighted by Crippen LogP contribution is -2.37. The molecule has 1 heterocycles. The summed E-state index contributed by atoms with van der Waals surface area (Å²) in [5, 5.41) is 10.7. The molecule has 1 aliphatic heterocycles. The maximum atomic E-state index is 13.4. The van der Waals surface area contributed by atoms with E-state index in [1.165, 1.54) is 16.0 Å². The van der Waals surface area contributed by atoms with Crippen LogP contribution in [0.25, 0.3) is 0 Å². The molecule has 33 heavy (non-hydrogen) atoms. The van der Waals surface area contributed by atoms with Crippen molar-refractivity contribution in [3.05, 3.63) is 89.0 Å². The van der Waals surface area contributed by atoms with Gasteiger partial charge in [-0.15, -0.1) is 0 Å². The molecule has 0 radical (unpaired) electrons. The molecular formula is C27H31NO3S2. The van der Waals surface area contributed by atoms with Crippen LogP contribution in [0.5, 0.6) is 0 Å². The third-order valence-electron chi connectivity index (χ3n) is 6.87. The summed E-state index contributed by atoms with van der Waals surface area (Å²) < 4.78 is 29.5. The van der Waals surface area contributed by atoms with Crippen molar-refractivity contribution in [1.29, 1.82) is 0 Å². The third-order valence-corrected chi connectivity index (χ3v) is 9.70. The summed E-state index contributed by atoms with van der Waals surface area (Å²) >= 11 is 1.63. The molecule has 0 aliphatic carbocycles. The first-order valence-electron chi connectivity index (χ1n) is 11.4. The van der Waals surface area contributed by atoms with Crippen molar-refractivity contribution < 1.29 is 13.5 Å². The quantitative estimate of drug-likeness (QED) is 0.437. The molecule has 2 atom stereocenters. The first-order chi connectivity index (χ1) is 15.7. The first kappa shape index (κ1) is 24.0. The highest BCUT2D eigenvalue weighted by Gasteiger charge is 2.39. The van der Waals surface area contributed by atoms with Crippen LogP contribution in [0.2, 0.25) is 0 Å². The molecule has 2 N–H and O–H groups in total. The van der Waals surface area contributed by atoms with Crippen LogP contribution < -0.4 is 4.72 Å². The van der Waals surface area contributed by atoms with E-state index in [4.69, 9.17) is 0 Å². The van der Waals surface area contributed by atoms with Crippen molar-refractivity contribution in [1.82, 2.24) is 4.72 Å². The summed E-state index contributed by atoms with van der Waals surface area (Å²) in [5.74, 6) is 0. The minimum absolute atomic E-state index is 0.131. The summed E-state index contributed by atoms with van der Waals surface area (Å²) in [6.45, 7) is 7.95. The van der Waals surface area contributed by atoms with E-state index in [1.54, 1.807) is 30.8 Å². The summed E-state index contributed by atoms with van der Waals surface area (Å²) in [4.78, 5) is 2.43. The topological polar surface area (TPSA) is 66.4 Å². The molecule has 3 aromatic rings. The third kappa shape index (κ3) is 4.26. The number of sulfonamides is 1. The molecule has 0 fully saturated rings. The van der Waals surface area contributed by atoms with Gasteiger partial charge in [0.2, 0.25) is 10.0 Å². The summed E-state index contributed by atoms with van der Waals surface area (Å²) in [5.41, 5.74) is 3.78. The minimum Gasteiger partial charge on any atom is -0.387 e. The minimum atomic E-state index is -3.83. The van der Waals surface area contributed by atoms with Gasteiger partial charge in [0.1, 0.15) is 0 Å². The molecule has 4 rings (SSSR count). The lowest BCUT2D eigenvalue weighted by atomic mass is 9.70. The first-order valence-corrected chi connectivity index (χ1v) is 13.7. The number of fused-ring (bicyclic) bond motifs is 2. The van der Waals surface area contributed by atoms with E-state index in [2.05, 4.69) is 42.8 Å². The molecule has 0 saturated heterocycles. The Hall–Kier alpha value is -2.12. The zero-order valence-corrected chi connectivity index (χ0v) is 21.1. The van der Waals surface area contributed by atoms with Gasteiger partial charge in [0.25, 0.3) is 0 Å². The number of nitrogens with one attached hydrogen (secondary N) is 1. The number of rotatable bonds is 7. The maximum absolute atomic E-state index is 13.4. The molecule has 2 unspecified atom stereocenters. The van der Waals surface area contributed by atoms with Gasteiger partial charge in [-0.05, 0) is 61.1 Å². The van der Waals surface area contributed by atoms with Crippen molar-refractivity contribution >= 4 is 21.8 Å². The van der Waals surface area contributed by atoms with Gasteiger partial charge >= 0.3 is 0 Å². The van der Waals surface area contributed by atoms with Gasteiger partial charge in [-0.2, -0.15) is 0 Å². The molecule has 0 amide bonds. The Balaban J connectivity index is 1.72. The largest absolute Gasteiger partial charge is 0.387 e. The highest BCUT2D eigenvalue weighted by Crippen LogP contribution is 2.53. The van der Waals surface area contributed by atoms with Crippen LogP contribution in [0.1, 0.15) is 62.0 Å². The van der Waals surface area contributed by atoms with Gasteiger partial charge in [-0.3, -0.25) is 0 Å². The number of hydrogen-bond acceptors (Lipinski definition) is 4. The molecule has 4 nitrogen and oxygen atoms in total. The van der Waals surface area contributed by atoms with Crippen LogP contribution in [0.3, 0.4) is 0 Å². The highest BCUT2D eigenvalue weighted by molar-refractivity contribution is 7.99. The molecular weight excluding hydrogens is 450 g/mol. The van der Waals surface area contributed by atoms with E-state index in [1.807, 2.05) is 37.3 Å². The van der Waals surface area contributed by atoms with Crippen molar-refractivity contribution in [2.75, 3.05) is 0 Å². The zero-order chi connectivity index (χ0) is 23.8. The Morgan fingerprint density at radius 2 is 1.58 bits per heavy atom. The van der Waals surface area contributed by atoms with Crippen LogP contribution in [0.4, 0.5) is 0 Å². The van der Waals surface area contributed by atoms with Crippen LogP contribution in [-0.2, 0) is 15.4 Å². The molecule has 1 aliphatic rings. The lowest BCUT2D eigenvalue weighted by molar-refractivity contribution is 0.146. The van der Waals surface area contributed by atoms with Crippen molar-refractivity contribution in [2.24, 2.45) is 0 Å². The zero-order valence-electron chi connectivity index (χ0n) is 19.5. The number of aliphatic hydroxyl groups is 1.